The molecule has 5 nitrogen and oxygen atoms in total. The first-order valence-electron chi connectivity index (χ1n) is 5.70. The van der Waals surface area contributed by atoms with Gasteiger partial charge in [0.1, 0.15) is 17.4 Å². The van der Waals surface area contributed by atoms with Gasteiger partial charge in [-0.15, -0.1) is 11.3 Å². The van der Waals surface area contributed by atoms with Gasteiger partial charge < -0.3 is 4.74 Å². The molecule has 100 valence electrons. The summed E-state index contributed by atoms with van der Waals surface area (Å²) >= 11 is 1.29. The smallest absolute Gasteiger partial charge is 0.268 e. The minimum atomic E-state index is -0.492. The summed E-state index contributed by atoms with van der Waals surface area (Å²) in [5.41, 5.74) is 0.658. The molecule has 0 aliphatic heterocycles. The van der Waals surface area contributed by atoms with Crippen LogP contribution in [0.4, 0.5) is 5.13 Å². The van der Waals surface area contributed by atoms with Crippen LogP contribution in [0, 0.1) is 11.3 Å². The van der Waals surface area contributed by atoms with Gasteiger partial charge in [0.25, 0.3) is 5.91 Å². The fourth-order valence-electron chi connectivity index (χ4n) is 1.54. The third-order valence-corrected chi connectivity index (χ3v) is 3.15. The zero-order valence-electron chi connectivity index (χ0n) is 10.7. The number of thiazole rings is 1. The molecule has 0 saturated heterocycles. The number of benzene rings is 1. The maximum atomic E-state index is 12.0. The molecule has 2 aromatic rings. The quantitative estimate of drug-likeness (QED) is 0.692. The number of nitrogens with zero attached hydrogens (tertiary/aromatic N) is 2. The topological polar surface area (TPSA) is 75.0 Å². The number of hydrogen-bond acceptors (Lipinski definition) is 5. The summed E-state index contributed by atoms with van der Waals surface area (Å²) in [5, 5.41) is 13.9. The lowest BCUT2D eigenvalue weighted by atomic mass is 10.1. The van der Waals surface area contributed by atoms with Crippen LogP contribution in [0.1, 0.15) is 5.56 Å². The van der Waals surface area contributed by atoms with Crippen molar-refractivity contribution in [2.75, 3.05) is 12.4 Å². The monoisotopic (exact) mass is 285 g/mol. The lowest BCUT2D eigenvalue weighted by Gasteiger charge is -2.05. The number of anilines is 1. The summed E-state index contributed by atoms with van der Waals surface area (Å²) in [4.78, 5) is 15.9. The summed E-state index contributed by atoms with van der Waals surface area (Å²) in [6.45, 7) is 0. The number of methoxy groups -OCH3 is 1. The van der Waals surface area contributed by atoms with Crippen LogP contribution < -0.4 is 10.1 Å². The Kier molecular flexibility index (Phi) is 4.47. The number of aromatic nitrogens is 1. The van der Waals surface area contributed by atoms with Crippen molar-refractivity contribution in [3.05, 3.63) is 47.0 Å². The highest BCUT2D eigenvalue weighted by Crippen LogP contribution is 2.21. The first kappa shape index (κ1) is 13.8. The molecule has 1 aromatic heterocycles. The molecule has 0 aliphatic rings. The zero-order valence-corrected chi connectivity index (χ0v) is 11.5. The standard InChI is InChI=1S/C14H11N3O2S/c1-19-12-5-3-2-4-10(12)8-11(9-15)13(18)17-14-16-6-7-20-14/h2-8H,1H3,(H,16,17,18)/b11-8+. The van der Waals surface area contributed by atoms with Crippen molar-refractivity contribution in [2.45, 2.75) is 0 Å². The highest BCUT2D eigenvalue weighted by Gasteiger charge is 2.11. The third kappa shape index (κ3) is 3.22. The largest absolute Gasteiger partial charge is 0.496 e. The molecule has 1 heterocycles. The van der Waals surface area contributed by atoms with E-state index in [2.05, 4.69) is 10.3 Å². The van der Waals surface area contributed by atoms with Crippen molar-refractivity contribution in [1.29, 1.82) is 5.26 Å². The van der Waals surface area contributed by atoms with Gasteiger partial charge in [0.05, 0.1) is 7.11 Å². The highest BCUT2D eigenvalue weighted by molar-refractivity contribution is 7.13. The summed E-state index contributed by atoms with van der Waals surface area (Å²) in [6.07, 6.45) is 3.07. The van der Waals surface area contributed by atoms with Gasteiger partial charge in [0.15, 0.2) is 5.13 Å². The molecule has 0 spiro atoms. The molecule has 20 heavy (non-hydrogen) atoms. The van der Waals surface area contributed by atoms with E-state index in [1.165, 1.54) is 24.5 Å². The Morgan fingerprint density at radius 2 is 2.30 bits per heavy atom. The van der Waals surface area contributed by atoms with Crippen LogP contribution in [0.2, 0.25) is 0 Å². The Morgan fingerprint density at radius 1 is 1.50 bits per heavy atom. The molecule has 0 bridgehead atoms. The Labute approximate surface area is 120 Å². The molecule has 0 fully saturated rings. The Balaban J connectivity index is 2.25. The number of hydrogen-bond donors (Lipinski definition) is 1. The molecule has 0 aliphatic carbocycles. The van der Waals surface area contributed by atoms with Crippen LogP contribution in [0.15, 0.2) is 41.4 Å². The van der Waals surface area contributed by atoms with Gasteiger partial charge in [-0.1, -0.05) is 18.2 Å². The second-order valence-corrected chi connectivity index (χ2v) is 4.60. The second-order valence-electron chi connectivity index (χ2n) is 3.70. The van der Waals surface area contributed by atoms with Gasteiger partial charge in [-0.2, -0.15) is 5.26 Å². The number of ether oxygens (including phenoxy) is 1. The summed E-state index contributed by atoms with van der Waals surface area (Å²) in [6, 6.07) is 9.04. The van der Waals surface area contributed by atoms with Crippen molar-refractivity contribution in [2.24, 2.45) is 0 Å². The second kappa shape index (κ2) is 6.50. The van der Waals surface area contributed by atoms with Crippen molar-refractivity contribution in [3.63, 3.8) is 0 Å². The van der Waals surface area contributed by atoms with E-state index in [0.29, 0.717) is 16.4 Å². The predicted molar refractivity (Wildman–Crippen MR) is 77.3 cm³/mol. The predicted octanol–water partition coefficient (Wildman–Crippen LogP) is 2.70. The van der Waals surface area contributed by atoms with Crippen LogP contribution in [-0.4, -0.2) is 18.0 Å². The minimum absolute atomic E-state index is 0.00954. The molecule has 0 saturated carbocycles. The SMILES string of the molecule is COc1ccccc1/C=C(\C#N)C(=O)Nc1nccs1. The lowest BCUT2D eigenvalue weighted by Crippen LogP contribution is -2.13. The molecule has 1 N–H and O–H groups in total. The van der Waals surface area contributed by atoms with Gasteiger partial charge in [-0.25, -0.2) is 4.98 Å². The zero-order chi connectivity index (χ0) is 14.4. The fraction of sp³-hybridized carbons (Fsp3) is 0.0714. The van der Waals surface area contributed by atoms with Crippen molar-refractivity contribution >= 4 is 28.5 Å². The van der Waals surface area contributed by atoms with Gasteiger partial charge in [0.2, 0.25) is 0 Å². The van der Waals surface area contributed by atoms with Crippen molar-refractivity contribution in [1.82, 2.24) is 4.98 Å². The molecule has 1 aromatic carbocycles. The Bertz CT molecular complexity index is 672. The van der Waals surface area contributed by atoms with Crippen LogP contribution in [-0.2, 0) is 4.79 Å². The average molecular weight is 285 g/mol. The molecular weight excluding hydrogens is 274 g/mol. The van der Waals surface area contributed by atoms with E-state index in [9.17, 15) is 4.79 Å². The van der Waals surface area contributed by atoms with Crippen LogP contribution in [0.5, 0.6) is 5.75 Å². The van der Waals surface area contributed by atoms with E-state index in [4.69, 9.17) is 10.00 Å². The molecule has 2 rings (SSSR count). The van der Waals surface area contributed by atoms with E-state index in [1.807, 2.05) is 18.2 Å². The van der Waals surface area contributed by atoms with Gasteiger partial charge in [0, 0.05) is 17.1 Å². The van der Waals surface area contributed by atoms with Gasteiger partial charge in [-0.3, -0.25) is 10.1 Å². The Hall–Kier alpha value is -2.65. The number of nitrogens with one attached hydrogen (secondary N) is 1. The number of carbonyl (C=O) groups is 1. The molecule has 0 radical (unpaired) electrons. The Morgan fingerprint density at radius 3 is 2.95 bits per heavy atom. The lowest BCUT2D eigenvalue weighted by molar-refractivity contribution is -0.112. The fourth-order valence-corrected chi connectivity index (χ4v) is 2.06. The maximum absolute atomic E-state index is 12.0. The normalized spacial score (nSPS) is 10.7. The molecule has 0 atom stereocenters. The molecule has 6 heteroatoms. The first-order chi connectivity index (χ1) is 9.74. The number of carbonyl (C=O) groups excluding carboxylic acids is 1. The van der Waals surface area contributed by atoms with E-state index in [0.717, 1.165) is 0 Å². The number of rotatable bonds is 4. The highest BCUT2D eigenvalue weighted by atomic mass is 32.1. The van der Waals surface area contributed by atoms with E-state index >= 15 is 0 Å². The molecule has 1 amide bonds. The molecular formula is C14H11N3O2S. The van der Waals surface area contributed by atoms with Crippen LogP contribution in [0.3, 0.4) is 0 Å². The average Bonchev–Trinajstić information content (AvgIpc) is 2.97. The number of amides is 1. The van der Waals surface area contributed by atoms with Crippen LogP contribution in [0.25, 0.3) is 6.08 Å². The van der Waals surface area contributed by atoms with Crippen LogP contribution >= 0.6 is 11.3 Å². The first-order valence-corrected chi connectivity index (χ1v) is 6.58. The van der Waals surface area contributed by atoms with Crippen molar-refractivity contribution in [3.8, 4) is 11.8 Å². The van der Waals surface area contributed by atoms with Gasteiger partial charge >= 0.3 is 0 Å². The number of para-hydroxylation sites is 1. The van der Waals surface area contributed by atoms with E-state index in [1.54, 1.807) is 23.7 Å². The minimum Gasteiger partial charge on any atom is -0.496 e. The summed E-state index contributed by atoms with van der Waals surface area (Å²) in [5.74, 6) is 0.107. The van der Waals surface area contributed by atoms with Gasteiger partial charge in [-0.05, 0) is 12.1 Å². The molecule has 0 unspecified atom stereocenters. The summed E-state index contributed by atoms with van der Waals surface area (Å²) < 4.78 is 5.18. The van der Waals surface area contributed by atoms with E-state index in [-0.39, 0.29) is 5.57 Å². The third-order valence-electron chi connectivity index (χ3n) is 2.46. The summed E-state index contributed by atoms with van der Waals surface area (Å²) in [7, 11) is 1.54. The van der Waals surface area contributed by atoms with Crippen molar-refractivity contribution < 1.29 is 9.53 Å². The van der Waals surface area contributed by atoms with E-state index < -0.39 is 5.91 Å². The number of nitriles is 1. The maximum Gasteiger partial charge on any atom is 0.268 e.